The second-order valence-corrected chi connectivity index (χ2v) is 6.69. The first kappa shape index (κ1) is 18.7. The molecule has 2 amide bonds. The maximum atomic E-state index is 12.2. The van der Waals surface area contributed by atoms with Crippen molar-refractivity contribution >= 4 is 29.9 Å². The maximum absolute atomic E-state index is 12.2. The first-order valence-corrected chi connectivity index (χ1v) is 8.55. The van der Waals surface area contributed by atoms with E-state index < -0.39 is 0 Å². The van der Waals surface area contributed by atoms with Crippen molar-refractivity contribution in [2.45, 2.75) is 44.6 Å². The van der Waals surface area contributed by atoms with Crippen molar-refractivity contribution in [1.29, 1.82) is 0 Å². The number of para-hydroxylation sites is 1. The van der Waals surface area contributed by atoms with Gasteiger partial charge >= 0.3 is 0 Å². The van der Waals surface area contributed by atoms with E-state index in [0.717, 1.165) is 30.5 Å². The largest absolute Gasteiger partial charge is 0.353 e. The van der Waals surface area contributed by atoms with Gasteiger partial charge in [-0.05, 0) is 49.8 Å². The highest BCUT2D eigenvalue weighted by molar-refractivity contribution is 5.96. The second-order valence-electron chi connectivity index (χ2n) is 6.69. The lowest BCUT2D eigenvalue weighted by Gasteiger charge is -2.25. The zero-order valence-electron chi connectivity index (χ0n) is 13.8. The molecule has 5 nitrogen and oxygen atoms in total. The van der Waals surface area contributed by atoms with Gasteiger partial charge in [-0.1, -0.05) is 24.6 Å². The van der Waals surface area contributed by atoms with Crippen molar-refractivity contribution in [3.05, 3.63) is 29.8 Å². The van der Waals surface area contributed by atoms with Crippen molar-refractivity contribution < 1.29 is 9.59 Å². The lowest BCUT2D eigenvalue weighted by atomic mass is 9.89. The van der Waals surface area contributed by atoms with Gasteiger partial charge < -0.3 is 16.4 Å². The fourth-order valence-corrected chi connectivity index (χ4v) is 3.74. The minimum Gasteiger partial charge on any atom is -0.353 e. The molecule has 1 fully saturated rings. The molecule has 1 aromatic carbocycles. The summed E-state index contributed by atoms with van der Waals surface area (Å²) < 4.78 is 0. The van der Waals surface area contributed by atoms with E-state index >= 15 is 0 Å². The summed E-state index contributed by atoms with van der Waals surface area (Å²) in [6.45, 7) is 0.632. The fraction of sp³-hybridized carbons (Fsp3) is 0.556. The summed E-state index contributed by atoms with van der Waals surface area (Å²) in [7, 11) is 0. The third-order valence-corrected chi connectivity index (χ3v) is 5.14. The molecule has 3 atom stereocenters. The number of fused-ring (bicyclic) bond motifs is 1. The Kier molecular flexibility index (Phi) is 6.63. The molecule has 1 saturated carbocycles. The molecular weight excluding hydrogens is 326 g/mol. The standard InChI is InChI=1S/C18H25N3O2.ClH/c19-11-14-5-3-7-16(14)20-17(22)9-8-13-10-12-4-1-2-6-15(12)21-18(13)23;/h1-2,4,6,13-14,16H,3,5,7-11,19H2,(H,20,22)(H,21,23);1H. The highest BCUT2D eigenvalue weighted by atomic mass is 35.5. The molecule has 0 spiro atoms. The number of carbonyl (C=O) groups is 2. The Morgan fingerprint density at radius 3 is 2.88 bits per heavy atom. The minimum atomic E-state index is -0.121. The van der Waals surface area contributed by atoms with Crippen LogP contribution < -0.4 is 16.4 Å². The van der Waals surface area contributed by atoms with Crippen molar-refractivity contribution in [3.8, 4) is 0 Å². The molecule has 1 aliphatic heterocycles. The van der Waals surface area contributed by atoms with Gasteiger partial charge in [-0.2, -0.15) is 0 Å². The lowest BCUT2D eigenvalue weighted by molar-refractivity contribution is -0.123. The number of anilines is 1. The molecule has 0 radical (unpaired) electrons. The molecule has 0 saturated heterocycles. The van der Waals surface area contributed by atoms with Crippen molar-refractivity contribution in [2.75, 3.05) is 11.9 Å². The van der Waals surface area contributed by atoms with E-state index in [1.165, 1.54) is 0 Å². The first-order valence-electron chi connectivity index (χ1n) is 8.55. The highest BCUT2D eigenvalue weighted by Gasteiger charge is 2.29. The van der Waals surface area contributed by atoms with Crippen molar-refractivity contribution in [3.63, 3.8) is 0 Å². The number of hydrogen-bond donors (Lipinski definition) is 3. The summed E-state index contributed by atoms with van der Waals surface area (Å²) >= 11 is 0. The number of hydrogen-bond acceptors (Lipinski definition) is 3. The summed E-state index contributed by atoms with van der Waals surface area (Å²) in [4.78, 5) is 24.3. The van der Waals surface area contributed by atoms with Gasteiger partial charge in [-0.25, -0.2) is 0 Å². The summed E-state index contributed by atoms with van der Waals surface area (Å²) in [6.07, 6.45) is 4.95. The number of rotatable bonds is 5. The lowest BCUT2D eigenvalue weighted by Crippen LogP contribution is -2.40. The zero-order chi connectivity index (χ0) is 16.2. The van der Waals surface area contributed by atoms with Crippen LogP contribution >= 0.6 is 12.4 Å². The number of benzene rings is 1. The minimum absolute atomic E-state index is 0. The van der Waals surface area contributed by atoms with Gasteiger partial charge in [0.2, 0.25) is 11.8 Å². The maximum Gasteiger partial charge on any atom is 0.227 e. The third kappa shape index (κ3) is 4.28. The average Bonchev–Trinajstić information content (AvgIpc) is 3.00. The number of carbonyl (C=O) groups excluding carboxylic acids is 2. The Labute approximate surface area is 149 Å². The van der Waals surface area contributed by atoms with Gasteiger partial charge in [0.05, 0.1) is 0 Å². The number of halogens is 1. The van der Waals surface area contributed by atoms with E-state index in [1.807, 2.05) is 24.3 Å². The molecule has 24 heavy (non-hydrogen) atoms. The summed E-state index contributed by atoms with van der Waals surface area (Å²) in [5, 5.41) is 6.04. The summed E-state index contributed by atoms with van der Waals surface area (Å²) in [5.41, 5.74) is 7.80. The van der Waals surface area contributed by atoms with E-state index in [2.05, 4.69) is 10.6 Å². The molecular formula is C18H26ClN3O2. The predicted molar refractivity (Wildman–Crippen MR) is 97.1 cm³/mol. The monoisotopic (exact) mass is 351 g/mol. The van der Waals surface area contributed by atoms with E-state index in [9.17, 15) is 9.59 Å². The number of amides is 2. The van der Waals surface area contributed by atoms with Crippen LogP contribution in [0.2, 0.25) is 0 Å². The van der Waals surface area contributed by atoms with Crippen molar-refractivity contribution in [1.82, 2.24) is 5.32 Å². The second kappa shape index (κ2) is 8.49. The fourth-order valence-electron chi connectivity index (χ4n) is 3.74. The van der Waals surface area contributed by atoms with Crippen LogP contribution in [0.1, 0.15) is 37.7 Å². The predicted octanol–water partition coefficient (Wildman–Crippen LogP) is 2.24. The molecule has 1 aromatic rings. The zero-order valence-corrected chi connectivity index (χ0v) is 14.6. The van der Waals surface area contributed by atoms with Crippen LogP contribution in [0.4, 0.5) is 5.69 Å². The first-order chi connectivity index (χ1) is 11.2. The molecule has 132 valence electrons. The molecule has 2 aliphatic rings. The molecule has 0 bridgehead atoms. The van der Waals surface area contributed by atoms with Crippen LogP contribution in [-0.2, 0) is 16.0 Å². The Balaban J connectivity index is 0.00000208. The van der Waals surface area contributed by atoms with Crippen LogP contribution in [-0.4, -0.2) is 24.4 Å². The van der Waals surface area contributed by atoms with E-state index in [4.69, 9.17) is 5.73 Å². The molecule has 1 aliphatic carbocycles. The third-order valence-electron chi connectivity index (χ3n) is 5.14. The van der Waals surface area contributed by atoms with Gasteiger partial charge in [0.1, 0.15) is 0 Å². The molecule has 1 heterocycles. The van der Waals surface area contributed by atoms with E-state index in [1.54, 1.807) is 0 Å². The van der Waals surface area contributed by atoms with E-state index in [0.29, 0.717) is 31.7 Å². The van der Waals surface area contributed by atoms with Gasteiger partial charge in [-0.3, -0.25) is 9.59 Å². The van der Waals surface area contributed by atoms with Crippen LogP contribution in [0.3, 0.4) is 0 Å². The van der Waals surface area contributed by atoms with Gasteiger partial charge in [0.15, 0.2) is 0 Å². The van der Waals surface area contributed by atoms with Gasteiger partial charge in [0, 0.05) is 24.1 Å². The molecule has 4 N–H and O–H groups in total. The molecule has 0 aromatic heterocycles. The molecule has 6 heteroatoms. The molecule has 3 unspecified atom stereocenters. The normalized spacial score (nSPS) is 25.4. The summed E-state index contributed by atoms with van der Waals surface area (Å²) in [5.74, 6) is 0.354. The molecule has 3 rings (SSSR count). The van der Waals surface area contributed by atoms with Gasteiger partial charge in [-0.15, -0.1) is 12.4 Å². The Bertz CT molecular complexity index is 593. The van der Waals surface area contributed by atoms with E-state index in [-0.39, 0.29) is 36.2 Å². The quantitative estimate of drug-likeness (QED) is 0.760. The van der Waals surface area contributed by atoms with Crippen LogP contribution in [0.25, 0.3) is 0 Å². The van der Waals surface area contributed by atoms with Gasteiger partial charge in [0.25, 0.3) is 0 Å². The van der Waals surface area contributed by atoms with Crippen molar-refractivity contribution in [2.24, 2.45) is 17.6 Å². The topological polar surface area (TPSA) is 84.2 Å². The highest BCUT2D eigenvalue weighted by Crippen LogP contribution is 2.28. The van der Waals surface area contributed by atoms with Crippen LogP contribution in [0, 0.1) is 11.8 Å². The smallest absolute Gasteiger partial charge is 0.227 e. The number of nitrogens with one attached hydrogen (secondary N) is 2. The number of nitrogens with two attached hydrogens (primary N) is 1. The average molecular weight is 352 g/mol. The van der Waals surface area contributed by atoms with Crippen LogP contribution in [0.15, 0.2) is 24.3 Å². The summed E-state index contributed by atoms with van der Waals surface area (Å²) in [6, 6.07) is 8.07. The van der Waals surface area contributed by atoms with Crippen LogP contribution in [0.5, 0.6) is 0 Å². The Hall–Kier alpha value is -1.59. The SMILES string of the molecule is Cl.NCC1CCCC1NC(=O)CCC1Cc2ccccc2NC1=O. The Morgan fingerprint density at radius 1 is 1.29 bits per heavy atom. The Morgan fingerprint density at radius 2 is 2.08 bits per heavy atom.